The van der Waals surface area contributed by atoms with Crippen LogP contribution in [0.3, 0.4) is 0 Å². The summed E-state index contributed by atoms with van der Waals surface area (Å²) in [4.78, 5) is 6.73. The summed E-state index contributed by atoms with van der Waals surface area (Å²) >= 11 is 9.18. The van der Waals surface area contributed by atoms with Crippen LogP contribution in [0.25, 0.3) is 9.88 Å². The Morgan fingerprint density at radius 3 is 3.07 bits per heavy atom. The number of nitrogens with one attached hydrogen (secondary N) is 1. The molecular weight excluding hydrogens is 236 g/mol. The molecule has 2 heterocycles. The van der Waals surface area contributed by atoms with E-state index in [-0.39, 0.29) is 0 Å². The number of nitrogens with zero attached hydrogens (tertiary/aromatic N) is 1. The van der Waals surface area contributed by atoms with Gasteiger partial charge in [-0.3, -0.25) is 0 Å². The number of aromatic nitrogens is 1. The second-order valence-electron chi connectivity index (χ2n) is 2.79. The number of halogens is 1. The van der Waals surface area contributed by atoms with Gasteiger partial charge in [0.05, 0.1) is 9.90 Å². The van der Waals surface area contributed by atoms with Crippen LogP contribution in [0, 0.1) is 0 Å². The molecule has 1 N–H and O–H groups in total. The zero-order valence-corrected chi connectivity index (χ0v) is 9.97. The van der Waals surface area contributed by atoms with E-state index in [2.05, 4.69) is 10.3 Å². The number of rotatable bonds is 3. The third-order valence-corrected chi connectivity index (χ3v) is 4.13. The van der Waals surface area contributed by atoms with Crippen LogP contribution >= 0.6 is 34.3 Å². The number of thiazole rings is 1. The molecule has 0 radical (unpaired) electrons. The van der Waals surface area contributed by atoms with Gasteiger partial charge in [-0.1, -0.05) is 11.6 Å². The fraction of sp³-hybridized carbons (Fsp3) is 0.222. The second kappa shape index (κ2) is 4.40. The maximum absolute atomic E-state index is 5.85. The van der Waals surface area contributed by atoms with Crippen molar-refractivity contribution in [3.63, 3.8) is 0 Å². The summed E-state index contributed by atoms with van der Waals surface area (Å²) in [6.07, 6.45) is 1.91. The molecule has 0 aliphatic heterocycles. The van der Waals surface area contributed by atoms with Crippen molar-refractivity contribution in [2.75, 3.05) is 7.05 Å². The van der Waals surface area contributed by atoms with E-state index in [1.807, 2.05) is 24.7 Å². The summed E-state index contributed by atoms with van der Waals surface area (Å²) in [7, 11) is 1.93. The number of hydrogen-bond donors (Lipinski definition) is 1. The average molecular weight is 245 g/mol. The third-order valence-electron chi connectivity index (χ3n) is 1.68. The summed E-state index contributed by atoms with van der Waals surface area (Å²) in [6, 6.07) is 1.95. The summed E-state index contributed by atoms with van der Waals surface area (Å²) in [5.41, 5.74) is 0. The number of thiophene rings is 1. The van der Waals surface area contributed by atoms with Gasteiger partial charge in [0.25, 0.3) is 0 Å². The molecule has 5 heteroatoms. The van der Waals surface area contributed by atoms with Crippen LogP contribution in [-0.4, -0.2) is 12.0 Å². The first kappa shape index (κ1) is 10.1. The van der Waals surface area contributed by atoms with Crippen molar-refractivity contribution in [3.8, 4) is 9.88 Å². The fourth-order valence-corrected chi connectivity index (χ4v) is 3.17. The van der Waals surface area contributed by atoms with E-state index in [0.717, 1.165) is 21.5 Å². The molecule has 0 unspecified atom stereocenters. The van der Waals surface area contributed by atoms with Crippen molar-refractivity contribution in [2.45, 2.75) is 6.54 Å². The van der Waals surface area contributed by atoms with Crippen LogP contribution < -0.4 is 5.32 Å². The first-order valence-electron chi connectivity index (χ1n) is 4.13. The Morgan fingerprint density at radius 2 is 2.43 bits per heavy atom. The average Bonchev–Trinajstić information content (AvgIpc) is 2.74. The molecule has 2 aromatic rings. The van der Waals surface area contributed by atoms with Crippen molar-refractivity contribution in [1.82, 2.24) is 10.3 Å². The van der Waals surface area contributed by atoms with Gasteiger partial charge >= 0.3 is 0 Å². The van der Waals surface area contributed by atoms with E-state index < -0.39 is 0 Å². The maximum Gasteiger partial charge on any atom is 0.133 e. The Morgan fingerprint density at radius 1 is 1.57 bits per heavy atom. The highest BCUT2D eigenvalue weighted by atomic mass is 35.5. The van der Waals surface area contributed by atoms with E-state index in [9.17, 15) is 0 Å². The Kier molecular flexibility index (Phi) is 3.18. The van der Waals surface area contributed by atoms with E-state index in [0.29, 0.717) is 0 Å². The molecular formula is C9H9ClN2S2. The molecule has 0 fully saturated rings. The SMILES string of the molecule is CNCc1cnc(-c2cc(Cl)cs2)s1. The monoisotopic (exact) mass is 244 g/mol. The second-order valence-corrected chi connectivity index (χ2v) is 5.25. The van der Waals surface area contributed by atoms with E-state index in [4.69, 9.17) is 11.6 Å². The van der Waals surface area contributed by atoms with Crippen LogP contribution in [0.4, 0.5) is 0 Å². The first-order valence-corrected chi connectivity index (χ1v) is 6.20. The van der Waals surface area contributed by atoms with Gasteiger partial charge in [-0.25, -0.2) is 4.98 Å². The predicted molar refractivity (Wildman–Crippen MR) is 63.2 cm³/mol. The summed E-state index contributed by atoms with van der Waals surface area (Å²) < 4.78 is 0. The van der Waals surface area contributed by atoms with Crippen molar-refractivity contribution < 1.29 is 0 Å². The molecule has 2 aromatic heterocycles. The lowest BCUT2D eigenvalue weighted by molar-refractivity contribution is 0.829. The molecule has 74 valence electrons. The number of hydrogen-bond acceptors (Lipinski definition) is 4. The lowest BCUT2D eigenvalue weighted by Gasteiger charge is -1.90. The van der Waals surface area contributed by atoms with Gasteiger partial charge < -0.3 is 5.32 Å². The molecule has 0 aliphatic rings. The van der Waals surface area contributed by atoms with Gasteiger partial charge in [-0.15, -0.1) is 22.7 Å². The van der Waals surface area contributed by atoms with Gasteiger partial charge in [0, 0.05) is 23.0 Å². The van der Waals surface area contributed by atoms with Gasteiger partial charge in [-0.05, 0) is 13.1 Å². The van der Waals surface area contributed by atoms with Gasteiger partial charge in [-0.2, -0.15) is 0 Å². The molecule has 0 spiro atoms. The Labute approximate surface area is 95.6 Å². The maximum atomic E-state index is 5.85. The Balaban J connectivity index is 2.24. The van der Waals surface area contributed by atoms with Crippen LogP contribution in [0.1, 0.15) is 4.88 Å². The molecule has 0 amide bonds. The third kappa shape index (κ3) is 2.15. The summed E-state index contributed by atoms with van der Waals surface area (Å²) in [5.74, 6) is 0. The van der Waals surface area contributed by atoms with Gasteiger partial charge in [0.15, 0.2) is 0 Å². The highest BCUT2D eigenvalue weighted by molar-refractivity contribution is 7.21. The van der Waals surface area contributed by atoms with Crippen LogP contribution in [0.2, 0.25) is 5.02 Å². The quantitative estimate of drug-likeness (QED) is 0.897. The van der Waals surface area contributed by atoms with Crippen molar-refractivity contribution in [3.05, 3.63) is 27.5 Å². The summed E-state index contributed by atoms with van der Waals surface area (Å²) in [6.45, 7) is 0.872. The Bertz CT molecular complexity index is 422. The van der Waals surface area contributed by atoms with Crippen LogP contribution in [0.15, 0.2) is 17.6 Å². The topological polar surface area (TPSA) is 24.9 Å². The molecule has 0 bridgehead atoms. The summed E-state index contributed by atoms with van der Waals surface area (Å²) in [5, 5.41) is 6.86. The molecule has 2 rings (SSSR count). The highest BCUT2D eigenvalue weighted by Crippen LogP contribution is 2.32. The Hall–Kier alpha value is -0.420. The molecule has 2 nitrogen and oxygen atoms in total. The van der Waals surface area contributed by atoms with Crippen LogP contribution in [0.5, 0.6) is 0 Å². The molecule has 14 heavy (non-hydrogen) atoms. The minimum Gasteiger partial charge on any atom is -0.315 e. The van der Waals surface area contributed by atoms with E-state index in [1.54, 1.807) is 22.7 Å². The highest BCUT2D eigenvalue weighted by Gasteiger charge is 2.06. The lowest BCUT2D eigenvalue weighted by atomic mass is 10.5. The van der Waals surface area contributed by atoms with E-state index >= 15 is 0 Å². The normalized spacial score (nSPS) is 10.7. The lowest BCUT2D eigenvalue weighted by Crippen LogP contribution is -2.02. The van der Waals surface area contributed by atoms with E-state index in [1.165, 1.54) is 4.88 Å². The molecule has 0 saturated carbocycles. The zero-order chi connectivity index (χ0) is 9.97. The molecule has 0 aliphatic carbocycles. The van der Waals surface area contributed by atoms with Crippen LogP contribution in [-0.2, 0) is 6.54 Å². The van der Waals surface area contributed by atoms with Crippen molar-refractivity contribution >= 4 is 34.3 Å². The minimum absolute atomic E-state index is 0.787. The first-order chi connectivity index (χ1) is 6.79. The van der Waals surface area contributed by atoms with Gasteiger partial charge in [0.1, 0.15) is 5.01 Å². The minimum atomic E-state index is 0.787. The molecule has 0 aromatic carbocycles. The standard InChI is InChI=1S/C9H9ClN2S2/c1-11-3-7-4-12-9(14-7)8-2-6(10)5-13-8/h2,4-5,11H,3H2,1H3. The smallest absolute Gasteiger partial charge is 0.133 e. The van der Waals surface area contributed by atoms with Crippen molar-refractivity contribution in [2.24, 2.45) is 0 Å². The van der Waals surface area contributed by atoms with Gasteiger partial charge in [0.2, 0.25) is 0 Å². The zero-order valence-electron chi connectivity index (χ0n) is 7.58. The molecule has 0 atom stereocenters. The molecule has 0 saturated heterocycles. The fourth-order valence-electron chi connectivity index (χ4n) is 1.10. The van der Waals surface area contributed by atoms with Crippen molar-refractivity contribution in [1.29, 1.82) is 0 Å². The largest absolute Gasteiger partial charge is 0.315 e. The predicted octanol–water partition coefficient (Wildman–Crippen LogP) is 3.24.